The molecule has 0 radical (unpaired) electrons. The number of methoxy groups -OCH3 is 1. The van der Waals surface area contributed by atoms with Crippen LogP contribution in [0.15, 0.2) is 0 Å². The Bertz CT molecular complexity index is 143. The number of hydrogen-bond donors (Lipinski definition) is 1. The molecule has 0 aliphatic carbocycles. The van der Waals surface area contributed by atoms with Gasteiger partial charge in [-0.15, -0.1) is 0 Å². The summed E-state index contributed by atoms with van der Waals surface area (Å²) in [4.78, 5) is 2.21. The van der Waals surface area contributed by atoms with Crippen molar-refractivity contribution in [2.75, 3.05) is 27.3 Å². The van der Waals surface area contributed by atoms with Crippen LogP contribution < -0.4 is 0 Å². The van der Waals surface area contributed by atoms with Gasteiger partial charge in [-0.1, -0.05) is 13.8 Å². The number of likely N-dealkylation sites (tertiary alicyclic amines) is 1. The van der Waals surface area contributed by atoms with Gasteiger partial charge in [-0.3, -0.25) is 0 Å². The molecule has 0 aromatic carbocycles. The SMILES string of the molecule is CC.CN1CCCC1CO.COC(C)(C)C. The van der Waals surface area contributed by atoms with Gasteiger partial charge in [0.1, 0.15) is 0 Å². The fourth-order valence-electron chi connectivity index (χ4n) is 1.21. The number of ether oxygens (including phenoxy) is 1. The number of aliphatic hydroxyl groups excluding tert-OH is 1. The fraction of sp³-hybridized carbons (Fsp3) is 1.00. The Kier molecular flexibility index (Phi) is 11.5. The van der Waals surface area contributed by atoms with E-state index >= 15 is 0 Å². The molecular formula is C13H31NO2. The van der Waals surface area contributed by atoms with Crippen molar-refractivity contribution < 1.29 is 9.84 Å². The molecule has 1 saturated heterocycles. The van der Waals surface area contributed by atoms with Crippen molar-refractivity contribution in [2.45, 2.75) is 59.1 Å². The zero-order valence-corrected chi connectivity index (χ0v) is 12.2. The summed E-state index contributed by atoms with van der Waals surface area (Å²) < 4.78 is 4.94. The summed E-state index contributed by atoms with van der Waals surface area (Å²) in [6, 6.07) is 0.454. The van der Waals surface area contributed by atoms with Gasteiger partial charge >= 0.3 is 0 Å². The molecule has 0 saturated carbocycles. The molecule has 0 spiro atoms. The van der Waals surface area contributed by atoms with Crippen LogP contribution >= 0.6 is 0 Å². The van der Waals surface area contributed by atoms with Crippen molar-refractivity contribution in [3.8, 4) is 0 Å². The van der Waals surface area contributed by atoms with Gasteiger partial charge in [-0.2, -0.15) is 0 Å². The summed E-state index contributed by atoms with van der Waals surface area (Å²) >= 11 is 0. The lowest BCUT2D eigenvalue weighted by atomic mass is 10.2. The third kappa shape index (κ3) is 10.4. The van der Waals surface area contributed by atoms with E-state index in [9.17, 15) is 0 Å². The van der Waals surface area contributed by atoms with Crippen molar-refractivity contribution in [3.05, 3.63) is 0 Å². The average Bonchev–Trinajstić information content (AvgIpc) is 2.66. The van der Waals surface area contributed by atoms with E-state index in [1.165, 1.54) is 12.8 Å². The lowest BCUT2D eigenvalue weighted by Gasteiger charge is -2.15. The predicted molar refractivity (Wildman–Crippen MR) is 70.8 cm³/mol. The lowest BCUT2D eigenvalue weighted by molar-refractivity contribution is 0.0397. The van der Waals surface area contributed by atoms with Crippen LogP contribution in [0.4, 0.5) is 0 Å². The number of aliphatic hydroxyl groups is 1. The Labute approximate surface area is 102 Å². The smallest absolute Gasteiger partial charge is 0.0594 e. The van der Waals surface area contributed by atoms with Crippen LogP contribution in [0.5, 0.6) is 0 Å². The van der Waals surface area contributed by atoms with Crippen molar-refractivity contribution in [2.24, 2.45) is 0 Å². The molecule has 1 aliphatic rings. The highest BCUT2D eigenvalue weighted by atomic mass is 16.5. The number of likely N-dealkylation sites (N-methyl/N-ethyl adjacent to an activating group) is 1. The topological polar surface area (TPSA) is 32.7 Å². The lowest BCUT2D eigenvalue weighted by Crippen LogP contribution is -2.27. The maximum absolute atomic E-state index is 8.69. The summed E-state index contributed by atoms with van der Waals surface area (Å²) in [6.07, 6.45) is 2.43. The van der Waals surface area contributed by atoms with E-state index in [1.54, 1.807) is 7.11 Å². The first-order valence-electron chi connectivity index (χ1n) is 6.27. The molecule has 0 aromatic rings. The third-order valence-electron chi connectivity index (χ3n) is 2.49. The maximum atomic E-state index is 8.69. The molecule has 1 atom stereocenters. The minimum Gasteiger partial charge on any atom is -0.395 e. The Balaban J connectivity index is 0. The molecule has 0 amide bonds. The number of rotatable bonds is 1. The Morgan fingerprint density at radius 3 is 1.88 bits per heavy atom. The Morgan fingerprint density at radius 2 is 1.75 bits per heavy atom. The van der Waals surface area contributed by atoms with Crippen LogP contribution in [0.2, 0.25) is 0 Å². The maximum Gasteiger partial charge on any atom is 0.0594 e. The molecule has 1 unspecified atom stereocenters. The van der Waals surface area contributed by atoms with E-state index in [0.717, 1.165) is 6.54 Å². The van der Waals surface area contributed by atoms with Gasteiger partial charge in [0.15, 0.2) is 0 Å². The monoisotopic (exact) mass is 233 g/mol. The first-order chi connectivity index (χ1) is 7.40. The standard InChI is InChI=1S/C6H13NO.C5H12O.C2H6/c1-7-4-2-3-6(7)5-8;1-5(2,3)6-4;1-2/h6,8H,2-5H2,1H3;1-4H3;1-2H3. The minimum atomic E-state index is 0.0417. The molecule has 100 valence electrons. The van der Waals surface area contributed by atoms with E-state index < -0.39 is 0 Å². The summed E-state index contributed by atoms with van der Waals surface area (Å²) in [5.74, 6) is 0. The van der Waals surface area contributed by atoms with Gasteiger partial charge < -0.3 is 14.7 Å². The van der Waals surface area contributed by atoms with Crippen molar-refractivity contribution in [3.63, 3.8) is 0 Å². The molecule has 1 fully saturated rings. The molecule has 0 aromatic heterocycles. The Hall–Kier alpha value is -0.120. The zero-order valence-electron chi connectivity index (χ0n) is 12.2. The van der Waals surface area contributed by atoms with E-state index in [1.807, 2.05) is 34.6 Å². The van der Waals surface area contributed by atoms with Gasteiger partial charge in [0.25, 0.3) is 0 Å². The molecule has 3 heteroatoms. The summed E-state index contributed by atoms with van der Waals surface area (Å²) in [6.45, 7) is 11.6. The highest BCUT2D eigenvalue weighted by Crippen LogP contribution is 2.12. The second kappa shape index (κ2) is 10.1. The summed E-state index contributed by atoms with van der Waals surface area (Å²) in [5, 5.41) is 8.69. The van der Waals surface area contributed by atoms with E-state index in [4.69, 9.17) is 9.84 Å². The van der Waals surface area contributed by atoms with Crippen LogP contribution in [0.25, 0.3) is 0 Å². The average molecular weight is 233 g/mol. The molecule has 3 nitrogen and oxygen atoms in total. The van der Waals surface area contributed by atoms with Crippen LogP contribution in [0.1, 0.15) is 47.5 Å². The molecular weight excluding hydrogens is 202 g/mol. The number of nitrogens with zero attached hydrogens (tertiary/aromatic N) is 1. The van der Waals surface area contributed by atoms with Crippen LogP contribution in [0, 0.1) is 0 Å². The molecule has 16 heavy (non-hydrogen) atoms. The largest absolute Gasteiger partial charge is 0.395 e. The number of hydrogen-bond acceptors (Lipinski definition) is 3. The predicted octanol–water partition coefficient (Wildman–Crippen LogP) is 2.53. The van der Waals surface area contributed by atoms with Crippen molar-refractivity contribution in [1.82, 2.24) is 4.90 Å². The zero-order chi connectivity index (χ0) is 13.2. The first kappa shape index (κ1) is 18.3. The van der Waals surface area contributed by atoms with Gasteiger partial charge in [-0.05, 0) is 47.2 Å². The van der Waals surface area contributed by atoms with Gasteiger partial charge in [0.05, 0.1) is 12.2 Å². The minimum absolute atomic E-state index is 0.0417. The van der Waals surface area contributed by atoms with Crippen molar-refractivity contribution >= 4 is 0 Å². The quantitative estimate of drug-likeness (QED) is 0.755. The summed E-state index contributed by atoms with van der Waals surface area (Å²) in [5.41, 5.74) is 0.0417. The molecule has 1 rings (SSSR count). The highest BCUT2D eigenvalue weighted by molar-refractivity contribution is 4.74. The van der Waals surface area contributed by atoms with Crippen molar-refractivity contribution in [1.29, 1.82) is 0 Å². The normalized spacial score (nSPS) is 20.6. The third-order valence-corrected chi connectivity index (χ3v) is 2.49. The second-order valence-corrected chi connectivity index (χ2v) is 4.78. The summed E-state index contributed by atoms with van der Waals surface area (Å²) in [7, 11) is 3.77. The molecule has 0 bridgehead atoms. The Morgan fingerprint density at radius 1 is 1.31 bits per heavy atom. The molecule has 1 aliphatic heterocycles. The van der Waals surface area contributed by atoms with E-state index in [-0.39, 0.29) is 5.60 Å². The first-order valence-corrected chi connectivity index (χ1v) is 6.27. The molecule has 1 heterocycles. The fourth-order valence-corrected chi connectivity index (χ4v) is 1.21. The van der Waals surface area contributed by atoms with Gasteiger partial charge in [0.2, 0.25) is 0 Å². The van der Waals surface area contributed by atoms with Crippen LogP contribution in [-0.2, 0) is 4.74 Å². The second-order valence-electron chi connectivity index (χ2n) is 4.78. The van der Waals surface area contributed by atoms with E-state index in [0.29, 0.717) is 12.6 Å². The van der Waals surface area contributed by atoms with Gasteiger partial charge in [-0.25, -0.2) is 0 Å². The van der Waals surface area contributed by atoms with Crippen LogP contribution in [0.3, 0.4) is 0 Å². The van der Waals surface area contributed by atoms with Gasteiger partial charge in [0, 0.05) is 13.2 Å². The highest BCUT2D eigenvalue weighted by Gasteiger charge is 2.18. The van der Waals surface area contributed by atoms with E-state index in [2.05, 4.69) is 11.9 Å². The molecule has 1 N–H and O–H groups in total. The van der Waals surface area contributed by atoms with Crippen LogP contribution in [-0.4, -0.2) is 49.0 Å².